The van der Waals surface area contributed by atoms with Crippen molar-refractivity contribution < 1.29 is 9.69 Å². The van der Waals surface area contributed by atoms with Gasteiger partial charge in [-0.25, -0.2) is 0 Å². The second kappa shape index (κ2) is 7.82. The van der Waals surface area contributed by atoms with Crippen LogP contribution >= 0.6 is 11.3 Å². The summed E-state index contributed by atoms with van der Waals surface area (Å²) in [5.41, 5.74) is 2.55. The minimum atomic E-state index is 0.119. The zero-order chi connectivity index (χ0) is 14.2. The van der Waals surface area contributed by atoms with Gasteiger partial charge in [0.1, 0.15) is 6.54 Å². The molecule has 2 aromatic rings. The van der Waals surface area contributed by atoms with Crippen molar-refractivity contribution in [3.05, 3.63) is 58.3 Å². The van der Waals surface area contributed by atoms with Gasteiger partial charge in [0, 0.05) is 12.1 Å². The first-order chi connectivity index (χ1) is 9.74. The SMILES string of the molecule is C[NH+](CC(=O)NCCc1ccccc1)Cc1ccsc1. The van der Waals surface area contributed by atoms with Crippen LogP contribution in [0.3, 0.4) is 0 Å². The summed E-state index contributed by atoms with van der Waals surface area (Å²) in [6, 6.07) is 12.3. The number of benzene rings is 1. The number of hydrogen-bond donors (Lipinski definition) is 2. The van der Waals surface area contributed by atoms with E-state index < -0.39 is 0 Å². The number of hydrogen-bond acceptors (Lipinski definition) is 2. The predicted molar refractivity (Wildman–Crippen MR) is 82.9 cm³/mol. The van der Waals surface area contributed by atoms with Crippen LogP contribution < -0.4 is 10.2 Å². The van der Waals surface area contributed by atoms with Crippen LogP contribution in [0.4, 0.5) is 0 Å². The van der Waals surface area contributed by atoms with Gasteiger partial charge in [0.25, 0.3) is 5.91 Å². The Bertz CT molecular complexity index is 511. The van der Waals surface area contributed by atoms with E-state index in [2.05, 4.69) is 41.3 Å². The summed E-state index contributed by atoms with van der Waals surface area (Å²) in [4.78, 5) is 13.1. The molecular formula is C16H21N2OS+. The van der Waals surface area contributed by atoms with Gasteiger partial charge in [-0.3, -0.25) is 4.79 Å². The van der Waals surface area contributed by atoms with Crippen LogP contribution in [0.25, 0.3) is 0 Å². The molecule has 1 aromatic heterocycles. The molecule has 1 atom stereocenters. The third-order valence-corrected chi connectivity index (χ3v) is 3.86. The number of likely N-dealkylation sites (N-methyl/N-ethyl adjacent to an activating group) is 1. The fourth-order valence-corrected chi connectivity index (χ4v) is 2.80. The third kappa shape index (κ3) is 5.15. The van der Waals surface area contributed by atoms with Crippen molar-refractivity contribution in [1.82, 2.24) is 5.32 Å². The first-order valence-corrected chi connectivity index (χ1v) is 7.81. The highest BCUT2D eigenvalue weighted by molar-refractivity contribution is 7.07. The summed E-state index contributed by atoms with van der Waals surface area (Å²) in [6.07, 6.45) is 0.885. The smallest absolute Gasteiger partial charge is 0.275 e. The van der Waals surface area contributed by atoms with Gasteiger partial charge in [0.05, 0.1) is 7.05 Å². The van der Waals surface area contributed by atoms with E-state index in [1.807, 2.05) is 18.2 Å². The lowest BCUT2D eigenvalue weighted by Gasteiger charge is -2.13. The van der Waals surface area contributed by atoms with E-state index in [1.54, 1.807) is 11.3 Å². The monoisotopic (exact) mass is 289 g/mol. The number of thiophene rings is 1. The highest BCUT2D eigenvalue weighted by atomic mass is 32.1. The van der Waals surface area contributed by atoms with Crippen LogP contribution in [-0.4, -0.2) is 26.0 Å². The summed E-state index contributed by atoms with van der Waals surface area (Å²) in [7, 11) is 2.05. The molecule has 0 aliphatic heterocycles. The molecular weight excluding hydrogens is 268 g/mol. The molecule has 2 rings (SSSR count). The van der Waals surface area contributed by atoms with Crippen LogP contribution in [0, 0.1) is 0 Å². The van der Waals surface area contributed by atoms with Gasteiger partial charge in [0.2, 0.25) is 0 Å². The molecule has 106 valence electrons. The average molecular weight is 289 g/mol. The molecule has 1 amide bonds. The quantitative estimate of drug-likeness (QED) is 0.787. The Morgan fingerprint density at radius 1 is 1.20 bits per heavy atom. The van der Waals surface area contributed by atoms with Gasteiger partial charge in [-0.15, -0.1) is 0 Å². The Morgan fingerprint density at radius 3 is 2.70 bits per heavy atom. The van der Waals surface area contributed by atoms with Crippen LogP contribution in [0.5, 0.6) is 0 Å². The van der Waals surface area contributed by atoms with Crippen molar-refractivity contribution in [2.24, 2.45) is 0 Å². The maximum Gasteiger partial charge on any atom is 0.275 e. The normalized spacial score (nSPS) is 12.1. The van der Waals surface area contributed by atoms with Gasteiger partial charge < -0.3 is 10.2 Å². The first kappa shape index (κ1) is 14.8. The molecule has 3 nitrogen and oxygen atoms in total. The van der Waals surface area contributed by atoms with E-state index in [-0.39, 0.29) is 5.91 Å². The fraction of sp³-hybridized carbons (Fsp3) is 0.312. The molecule has 0 aliphatic carbocycles. The fourth-order valence-electron chi connectivity index (χ4n) is 2.13. The summed E-state index contributed by atoms with van der Waals surface area (Å²) in [5, 5.41) is 7.19. The van der Waals surface area contributed by atoms with Crippen molar-refractivity contribution in [2.75, 3.05) is 20.1 Å². The van der Waals surface area contributed by atoms with Crippen LogP contribution in [-0.2, 0) is 17.8 Å². The number of rotatable bonds is 7. The molecule has 20 heavy (non-hydrogen) atoms. The second-order valence-electron chi connectivity index (χ2n) is 5.03. The zero-order valence-electron chi connectivity index (χ0n) is 11.8. The third-order valence-electron chi connectivity index (χ3n) is 3.13. The molecule has 1 unspecified atom stereocenters. The van der Waals surface area contributed by atoms with E-state index in [1.165, 1.54) is 16.0 Å². The summed E-state index contributed by atoms with van der Waals surface area (Å²) in [6.45, 7) is 2.12. The number of carbonyl (C=O) groups excluding carboxylic acids is 1. The summed E-state index contributed by atoms with van der Waals surface area (Å²) in [5.74, 6) is 0.119. The molecule has 0 bridgehead atoms. The number of quaternary nitrogens is 1. The van der Waals surface area contributed by atoms with Crippen molar-refractivity contribution in [2.45, 2.75) is 13.0 Å². The van der Waals surface area contributed by atoms with Gasteiger partial charge >= 0.3 is 0 Å². The topological polar surface area (TPSA) is 33.5 Å². The molecule has 4 heteroatoms. The summed E-state index contributed by atoms with van der Waals surface area (Å²) < 4.78 is 0. The Labute approximate surface area is 124 Å². The molecule has 2 N–H and O–H groups in total. The molecule has 0 fully saturated rings. The van der Waals surface area contributed by atoms with Crippen molar-refractivity contribution in [1.29, 1.82) is 0 Å². The van der Waals surface area contributed by atoms with E-state index in [9.17, 15) is 4.79 Å². The van der Waals surface area contributed by atoms with E-state index in [0.717, 1.165) is 13.0 Å². The van der Waals surface area contributed by atoms with Gasteiger partial charge in [-0.2, -0.15) is 11.3 Å². The highest BCUT2D eigenvalue weighted by Gasteiger charge is 2.10. The maximum atomic E-state index is 11.8. The molecule has 0 saturated carbocycles. The molecule has 1 aromatic carbocycles. The molecule has 1 heterocycles. The molecule has 0 radical (unpaired) electrons. The maximum absolute atomic E-state index is 11.8. The van der Waals surface area contributed by atoms with Crippen LogP contribution in [0.2, 0.25) is 0 Å². The van der Waals surface area contributed by atoms with Gasteiger partial charge in [0.15, 0.2) is 6.54 Å². The standard InChI is InChI=1S/C16H20N2OS/c1-18(11-15-8-10-20-13-15)12-16(19)17-9-7-14-5-3-2-4-6-14/h2-6,8,10,13H,7,9,11-12H2,1H3,(H,17,19)/p+1. The molecule has 0 aliphatic rings. The van der Waals surface area contributed by atoms with Gasteiger partial charge in [-0.05, 0) is 28.8 Å². The highest BCUT2D eigenvalue weighted by Crippen LogP contribution is 2.03. The number of amides is 1. The minimum Gasteiger partial charge on any atom is -0.351 e. The van der Waals surface area contributed by atoms with E-state index in [0.29, 0.717) is 13.1 Å². The molecule has 0 saturated heterocycles. The second-order valence-corrected chi connectivity index (χ2v) is 5.81. The number of nitrogens with one attached hydrogen (secondary N) is 2. The van der Waals surface area contributed by atoms with E-state index >= 15 is 0 Å². The predicted octanol–water partition coefficient (Wildman–Crippen LogP) is 1.12. The van der Waals surface area contributed by atoms with Crippen LogP contribution in [0.15, 0.2) is 47.2 Å². The Morgan fingerprint density at radius 2 is 2.00 bits per heavy atom. The lowest BCUT2D eigenvalue weighted by molar-refractivity contribution is -0.885. The van der Waals surface area contributed by atoms with Crippen molar-refractivity contribution in [3.8, 4) is 0 Å². The zero-order valence-corrected chi connectivity index (χ0v) is 12.6. The van der Waals surface area contributed by atoms with Crippen molar-refractivity contribution in [3.63, 3.8) is 0 Å². The number of carbonyl (C=O) groups is 1. The van der Waals surface area contributed by atoms with Crippen molar-refractivity contribution >= 4 is 17.2 Å². The lowest BCUT2D eigenvalue weighted by Crippen LogP contribution is -3.08. The Balaban J connectivity index is 1.65. The lowest BCUT2D eigenvalue weighted by atomic mass is 10.1. The average Bonchev–Trinajstić information content (AvgIpc) is 2.92. The van der Waals surface area contributed by atoms with Crippen LogP contribution in [0.1, 0.15) is 11.1 Å². The minimum absolute atomic E-state index is 0.119. The van der Waals surface area contributed by atoms with Gasteiger partial charge in [-0.1, -0.05) is 30.3 Å². The molecule has 0 spiro atoms. The summed E-state index contributed by atoms with van der Waals surface area (Å²) >= 11 is 1.70. The Hall–Kier alpha value is -1.65. The Kier molecular flexibility index (Phi) is 5.77. The largest absolute Gasteiger partial charge is 0.351 e. The van der Waals surface area contributed by atoms with E-state index in [4.69, 9.17) is 0 Å². The first-order valence-electron chi connectivity index (χ1n) is 6.87.